The number of piperazine rings is 1. The van der Waals surface area contributed by atoms with Crippen molar-refractivity contribution in [1.82, 2.24) is 14.4 Å². The van der Waals surface area contributed by atoms with Gasteiger partial charge < -0.3 is 14.4 Å². The zero-order chi connectivity index (χ0) is 24.5. The molecule has 1 aromatic heterocycles. The highest BCUT2D eigenvalue weighted by Crippen LogP contribution is 2.31. The van der Waals surface area contributed by atoms with Crippen LogP contribution in [0.2, 0.25) is 5.02 Å². The molecule has 0 bridgehead atoms. The Morgan fingerprint density at radius 1 is 0.882 bits per heavy atom. The number of amides is 2. The van der Waals surface area contributed by atoms with E-state index in [-0.39, 0.29) is 17.2 Å². The summed E-state index contributed by atoms with van der Waals surface area (Å²) in [4.78, 5) is 30.0. The van der Waals surface area contributed by atoms with Gasteiger partial charge in [0, 0.05) is 49.0 Å². The molecule has 0 atom stereocenters. The molecule has 1 aliphatic rings. The fourth-order valence-corrected chi connectivity index (χ4v) is 4.59. The molecule has 2 amide bonds. The lowest BCUT2D eigenvalue weighted by Gasteiger charge is -2.36. The molecule has 5 nitrogen and oxygen atoms in total. The van der Waals surface area contributed by atoms with Gasteiger partial charge >= 0.3 is 0 Å². The van der Waals surface area contributed by atoms with Gasteiger partial charge in [0.25, 0.3) is 5.91 Å². The maximum Gasteiger partial charge on any atom is 0.255 e. The second-order valence-electron chi connectivity index (χ2n) is 10.1. The minimum atomic E-state index is -0.0421. The summed E-state index contributed by atoms with van der Waals surface area (Å²) in [7, 11) is 0. The number of aromatic nitrogens is 1. The molecule has 1 fully saturated rings. The maximum atomic E-state index is 13.6. The minimum Gasteiger partial charge on any atom is -0.339 e. The number of carbonyl (C=O) groups excluding carboxylic acids is 2. The largest absolute Gasteiger partial charge is 0.339 e. The first-order chi connectivity index (χ1) is 16.1. The normalized spacial score (nSPS) is 14.4. The summed E-state index contributed by atoms with van der Waals surface area (Å²) < 4.78 is 2.12. The second kappa shape index (κ2) is 9.67. The summed E-state index contributed by atoms with van der Waals surface area (Å²) in [5.74, 6) is 0.168. The number of nitrogens with zero attached hydrogens (tertiary/aromatic N) is 3. The van der Waals surface area contributed by atoms with Crippen LogP contribution >= 0.6 is 11.6 Å². The van der Waals surface area contributed by atoms with Crippen LogP contribution in [0.1, 0.15) is 43.2 Å². The lowest BCUT2D eigenvalue weighted by molar-refractivity contribution is -0.134. The number of para-hydroxylation sites is 1. The monoisotopic (exact) mass is 477 g/mol. The molecule has 0 spiro atoms. The van der Waals surface area contributed by atoms with Gasteiger partial charge in [0.15, 0.2) is 0 Å². The van der Waals surface area contributed by atoms with Crippen molar-refractivity contribution in [1.29, 1.82) is 0 Å². The summed E-state index contributed by atoms with van der Waals surface area (Å²) in [6, 6.07) is 19.7. The number of carbonyl (C=O) groups is 2. The molecule has 6 heteroatoms. The summed E-state index contributed by atoms with van der Waals surface area (Å²) in [6.07, 6.45) is 0.518. The van der Waals surface area contributed by atoms with Crippen LogP contribution in [0.3, 0.4) is 0 Å². The van der Waals surface area contributed by atoms with Gasteiger partial charge in [0.05, 0.1) is 11.3 Å². The van der Waals surface area contributed by atoms with E-state index in [0.29, 0.717) is 43.2 Å². The molecule has 3 aromatic rings. The van der Waals surface area contributed by atoms with Crippen molar-refractivity contribution >= 4 is 23.4 Å². The van der Waals surface area contributed by atoms with Crippen molar-refractivity contribution in [3.8, 4) is 16.9 Å². The molecule has 1 aliphatic heterocycles. The van der Waals surface area contributed by atoms with Crippen LogP contribution in [0.5, 0.6) is 0 Å². The third-order valence-electron chi connectivity index (χ3n) is 6.23. The standard InChI is InChI=1S/C28H32ClN3O2/c1-20-24(27(34)31-16-14-30(15-17-31)26(33)19-28(2,3)4)18-25(21-10-12-22(29)13-11-21)32(20)23-8-6-5-7-9-23/h5-13,18H,14-17,19H2,1-4H3. The molecule has 178 valence electrons. The van der Waals surface area contributed by atoms with Crippen molar-refractivity contribution in [2.75, 3.05) is 26.2 Å². The second-order valence-corrected chi connectivity index (χ2v) is 10.6. The number of halogens is 1. The Hall–Kier alpha value is -3.05. The van der Waals surface area contributed by atoms with E-state index < -0.39 is 0 Å². The van der Waals surface area contributed by atoms with Crippen LogP contribution in [0, 0.1) is 12.3 Å². The van der Waals surface area contributed by atoms with Crippen LogP contribution < -0.4 is 0 Å². The summed E-state index contributed by atoms with van der Waals surface area (Å²) in [5, 5.41) is 0.675. The fourth-order valence-electron chi connectivity index (χ4n) is 4.46. The summed E-state index contributed by atoms with van der Waals surface area (Å²) >= 11 is 6.12. The highest BCUT2D eigenvalue weighted by Gasteiger charge is 2.29. The van der Waals surface area contributed by atoms with Crippen LogP contribution in [0.4, 0.5) is 0 Å². The van der Waals surface area contributed by atoms with E-state index in [1.807, 2.05) is 77.4 Å². The van der Waals surface area contributed by atoms with Gasteiger partial charge in [-0.15, -0.1) is 0 Å². The van der Waals surface area contributed by atoms with E-state index in [4.69, 9.17) is 11.6 Å². The number of hydrogen-bond donors (Lipinski definition) is 0. The van der Waals surface area contributed by atoms with Crippen molar-refractivity contribution < 1.29 is 9.59 Å². The zero-order valence-electron chi connectivity index (χ0n) is 20.3. The van der Waals surface area contributed by atoms with Crippen molar-refractivity contribution in [3.63, 3.8) is 0 Å². The molecular formula is C28H32ClN3O2. The van der Waals surface area contributed by atoms with E-state index in [2.05, 4.69) is 25.3 Å². The van der Waals surface area contributed by atoms with Gasteiger partial charge in [-0.25, -0.2) is 0 Å². The van der Waals surface area contributed by atoms with E-state index in [0.717, 1.165) is 22.6 Å². The lowest BCUT2D eigenvalue weighted by atomic mass is 9.91. The zero-order valence-corrected chi connectivity index (χ0v) is 21.1. The van der Waals surface area contributed by atoms with Gasteiger partial charge in [-0.1, -0.05) is 62.7 Å². The molecule has 0 unspecified atom stereocenters. The molecule has 0 radical (unpaired) electrons. The SMILES string of the molecule is Cc1c(C(=O)N2CCN(C(=O)CC(C)(C)C)CC2)cc(-c2ccc(Cl)cc2)n1-c1ccccc1. The quantitative estimate of drug-likeness (QED) is 0.474. The third-order valence-corrected chi connectivity index (χ3v) is 6.49. The van der Waals surface area contributed by atoms with Crippen LogP contribution in [-0.4, -0.2) is 52.4 Å². The Labute approximate surface area is 206 Å². The van der Waals surface area contributed by atoms with Gasteiger partial charge in [-0.3, -0.25) is 9.59 Å². The Morgan fingerprint density at radius 2 is 1.47 bits per heavy atom. The van der Waals surface area contributed by atoms with E-state index in [9.17, 15) is 9.59 Å². The van der Waals surface area contributed by atoms with Gasteiger partial charge in [0.1, 0.15) is 0 Å². The molecule has 4 rings (SSSR count). The topological polar surface area (TPSA) is 45.6 Å². The van der Waals surface area contributed by atoms with Crippen molar-refractivity contribution in [2.45, 2.75) is 34.1 Å². The van der Waals surface area contributed by atoms with E-state index in [1.54, 1.807) is 0 Å². The first kappa shape index (κ1) is 24.1. The average molecular weight is 478 g/mol. The molecule has 2 aromatic carbocycles. The van der Waals surface area contributed by atoms with E-state index >= 15 is 0 Å². The molecule has 0 N–H and O–H groups in total. The first-order valence-electron chi connectivity index (χ1n) is 11.7. The molecule has 1 saturated heterocycles. The average Bonchev–Trinajstić information content (AvgIpc) is 3.15. The third kappa shape index (κ3) is 5.20. The van der Waals surface area contributed by atoms with Crippen molar-refractivity contribution in [3.05, 3.63) is 76.9 Å². The summed E-state index contributed by atoms with van der Waals surface area (Å²) in [6.45, 7) is 10.4. The predicted octanol–water partition coefficient (Wildman–Crippen LogP) is 5.83. The first-order valence-corrected chi connectivity index (χ1v) is 12.1. The van der Waals surface area contributed by atoms with Gasteiger partial charge in [0.2, 0.25) is 5.91 Å². The lowest BCUT2D eigenvalue weighted by Crippen LogP contribution is -2.51. The van der Waals surface area contributed by atoms with Crippen molar-refractivity contribution in [2.24, 2.45) is 5.41 Å². The number of benzene rings is 2. The fraction of sp³-hybridized carbons (Fsp3) is 0.357. The molecule has 2 heterocycles. The van der Waals surface area contributed by atoms with E-state index in [1.165, 1.54) is 0 Å². The number of rotatable bonds is 4. The van der Waals surface area contributed by atoms with Crippen LogP contribution in [0.15, 0.2) is 60.7 Å². The van der Waals surface area contributed by atoms with Gasteiger partial charge in [-0.2, -0.15) is 0 Å². The highest BCUT2D eigenvalue weighted by molar-refractivity contribution is 6.30. The highest BCUT2D eigenvalue weighted by atomic mass is 35.5. The Kier molecular flexibility index (Phi) is 6.85. The molecule has 0 aliphatic carbocycles. The molecule has 0 saturated carbocycles. The summed E-state index contributed by atoms with van der Waals surface area (Å²) in [5.41, 5.74) is 4.48. The Bertz CT molecular complexity index is 1170. The van der Waals surface area contributed by atoms with Gasteiger partial charge in [-0.05, 0) is 48.2 Å². The Morgan fingerprint density at radius 3 is 2.06 bits per heavy atom. The Balaban J connectivity index is 1.61. The molecule has 34 heavy (non-hydrogen) atoms. The maximum absolute atomic E-state index is 13.6. The van der Waals surface area contributed by atoms with Crippen LogP contribution in [-0.2, 0) is 4.79 Å². The predicted molar refractivity (Wildman–Crippen MR) is 138 cm³/mol. The number of hydrogen-bond acceptors (Lipinski definition) is 2. The minimum absolute atomic E-state index is 0.00492. The smallest absolute Gasteiger partial charge is 0.255 e. The molecular weight excluding hydrogens is 446 g/mol. The van der Waals surface area contributed by atoms with Crippen LogP contribution in [0.25, 0.3) is 16.9 Å².